The number of hydrogen-bond acceptors (Lipinski definition) is 5. The molecule has 3 N–H and O–H groups in total. The Balaban J connectivity index is 2.41. The van der Waals surface area contributed by atoms with Gasteiger partial charge >= 0.3 is 0 Å². The molecule has 0 aliphatic heterocycles. The number of benzene rings is 1. The van der Waals surface area contributed by atoms with Gasteiger partial charge in [0.2, 0.25) is 5.91 Å². The van der Waals surface area contributed by atoms with Crippen LogP contribution in [0.4, 0.5) is 11.4 Å². The van der Waals surface area contributed by atoms with Crippen molar-refractivity contribution in [1.29, 1.82) is 0 Å². The van der Waals surface area contributed by atoms with Gasteiger partial charge in [-0.3, -0.25) is 14.9 Å². The fourth-order valence-corrected chi connectivity index (χ4v) is 2.31. The predicted molar refractivity (Wildman–Crippen MR) is 74.1 cm³/mol. The van der Waals surface area contributed by atoms with E-state index in [-0.39, 0.29) is 17.9 Å². The van der Waals surface area contributed by atoms with Crippen LogP contribution in [0, 0.1) is 10.1 Å². The third kappa shape index (κ3) is 2.95. The molecular weight excluding hydrogens is 266 g/mol. The highest BCUT2D eigenvalue weighted by Crippen LogP contribution is 2.32. The van der Waals surface area contributed by atoms with Crippen LogP contribution >= 0.6 is 11.3 Å². The first-order chi connectivity index (χ1) is 9.11. The molecule has 0 radical (unpaired) electrons. The maximum atomic E-state index is 11.2. The van der Waals surface area contributed by atoms with E-state index in [1.165, 1.54) is 23.5 Å². The molecule has 0 aliphatic carbocycles. The molecule has 0 atom stereocenters. The number of rotatable bonds is 4. The summed E-state index contributed by atoms with van der Waals surface area (Å²) in [7, 11) is 0. The Labute approximate surface area is 113 Å². The molecule has 0 unspecified atom stereocenters. The third-order valence-electron chi connectivity index (χ3n) is 2.46. The lowest BCUT2D eigenvalue weighted by Crippen LogP contribution is -2.22. The summed E-state index contributed by atoms with van der Waals surface area (Å²) in [5.41, 5.74) is 5.92. The van der Waals surface area contributed by atoms with Crippen molar-refractivity contribution in [3.8, 4) is 10.4 Å². The average molecular weight is 277 g/mol. The smallest absolute Gasteiger partial charge is 0.293 e. The number of hydrogen-bond donors (Lipinski definition) is 2. The van der Waals surface area contributed by atoms with Crippen molar-refractivity contribution in [2.24, 2.45) is 5.73 Å². The maximum Gasteiger partial charge on any atom is 0.293 e. The molecule has 0 aliphatic rings. The van der Waals surface area contributed by atoms with E-state index >= 15 is 0 Å². The molecule has 0 bridgehead atoms. The third-order valence-corrected chi connectivity index (χ3v) is 3.38. The molecule has 1 aromatic carbocycles. The van der Waals surface area contributed by atoms with Crippen molar-refractivity contribution in [1.82, 2.24) is 0 Å². The van der Waals surface area contributed by atoms with Gasteiger partial charge in [-0.25, -0.2) is 0 Å². The first-order valence-corrected chi connectivity index (χ1v) is 6.32. The Kier molecular flexibility index (Phi) is 3.88. The molecule has 0 spiro atoms. The minimum atomic E-state index is -0.525. The second kappa shape index (κ2) is 5.59. The molecule has 1 aromatic heterocycles. The molecule has 2 rings (SSSR count). The normalized spacial score (nSPS) is 10.2. The zero-order chi connectivity index (χ0) is 13.8. The Hall–Kier alpha value is -2.25. The first-order valence-electron chi connectivity index (χ1n) is 5.44. The monoisotopic (exact) mass is 277 g/mol. The quantitative estimate of drug-likeness (QED) is 0.661. The van der Waals surface area contributed by atoms with Crippen molar-refractivity contribution in [3.05, 3.63) is 45.8 Å². The number of nitro benzene ring substituents is 1. The second-order valence-corrected chi connectivity index (χ2v) is 4.67. The second-order valence-electron chi connectivity index (χ2n) is 3.72. The highest BCUT2D eigenvalue weighted by Gasteiger charge is 2.17. The van der Waals surface area contributed by atoms with Gasteiger partial charge in [-0.2, -0.15) is 0 Å². The Morgan fingerprint density at radius 3 is 2.79 bits per heavy atom. The van der Waals surface area contributed by atoms with Gasteiger partial charge in [0.1, 0.15) is 5.69 Å². The molecular formula is C12H11N3O3S. The number of nitrogens with one attached hydrogen (secondary N) is 1. The van der Waals surface area contributed by atoms with E-state index in [1.807, 2.05) is 17.5 Å². The van der Waals surface area contributed by atoms with Crippen LogP contribution in [0.25, 0.3) is 10.4 Å². The van der Waals surface area contributed by atoms with E-state index in [4.69, 9.17) is 5.73 Å². The molecule has 1 amide bonds. The van der Waals surface area contributed by atoms with Gasteiger partial charge in [0, 0.05) is 10.9 Å². The summed E-state index contributed by atoms with van der Waals surface area (Å²) in [4.78, 5) is 22.7. The number of nitro groups is 1. The van der Waals surface area contributed by atoms with E-state index in [2.05, 4.69) is 5.32 Å². The number of carbonyl (C=O) groups excluding carboxylic acids is 1. The topological polar surface area (TPSA) is 98.3 Å². The van der Waals surface area contributed by atoms with Crippen molar-refractivity contribution in [3.63, 3.8) is 0 Å². The molecule has 98 valence electrons. The van der Waals surface area contributed by atoms with Crippen LogP contribution in [0.2, 0.25) is 0 Å². The lowest BCUT2D eigenvalue weighted by molar-refractivity contribution is -0.383. The summed E-state index contributed by atoms with van der Waals surface area (Å²) in [6, 6.07) is 8.43. The van der Waals surface area contributed by atoms with Gasteiger partial charge in [0.05, 0.1) is 11.5 Å². The van der Waals surface area contributed by atoms with Crippen LogP contribution < -0.4 is 11.1 Å². The molecule has 19 heavy (non-hydrogen) atoms. The average Bonchev–Trinajstić information content (AvgIpc) is 2.92. The van der Waals surface area contributed by atoms with Crippen LogP contribution in [0.5, 0.6) is 0 Å². The standard InChI is InChI=1S/C12H11N3O3S/c13-7-12(16)14-9-4-3-8(6-10(9)15(17)18)11-2-1-5-19-11/h1-6H,7,13H2,(H,14,16). The van der Waals surface area contributed by atoms with Gasteiger partial charge in [0.25, 0.3) is 5.69 Å². The van der Waals surface area contributed by atoms with E-state index in [1.54, 1.807) is 6.07 Å². The molecule has 1 heterocycles. The highest BCUT2D eigenvalue weighted by molar-refractivity contribution is 7.13. The number of amides is 1. The number of anilines is 1. The van der Waals surface area contributed by atoms with Gasteiger partial charge in [-0.15, -0.1) is 11.3 Å². The summed E-state index contributed by atoms with van der Waals surface area (Å²) in [5, 5.41) is 15.3. The minimum Gasteiger partial charge on any atom is -0.322 e. The fraction of sp³-hybridized carbons (Fsp3) is 0.0833. The fourth-order valence-electron chi connectivity index (χ4n) is 1.59. The summed E-state index contributed by atoms with van der Waals surface area (Å²) < 4.78 is 0. The molecule has 0 saturated heterocycles. The van der Waals surface area contributed by atoms with Gasteiger partial charge < -0.3 is 11.1 Å². The number of nitrogens with two attached hydrogens (primary N) is 1. The Morgan fingerprint density at radius 1 is 1.42 bits per heavy atom. The number of carbonyl (C=O) groups is 1. The molecule has 6 nitrogen and oxygen atoms in total. The van der Waals surface area contributed by atoms with Crippen LogP contribution in [0.3, 0.4) is 0 Å². The van der Waals surface area contributed by atoms with Crippen LogP contribution in [-0.2, 0) is 4.79 Å². The van der Waals surface area contributed by atoms with Crippen molar-refractivity contribution in [2.45, 2.75) is 0 Å². The largest absolute Gasteiger partial charge is 0.322 e. The lowest BCUT2D eigenvalue weighted by atomic mass is 10.1. The van der Waals surface area contributed by atoms with Gasteiger partial charge in [0.15, 0.2) is 0 Å². The number of nitrogens with zero attached hydrogens (tertiary/aromatic N) is 1. The molecule has 2 aromatic rings. The van der Waals surface area contributed by atoms with E-state index < -0.39 is 10.8 Å². The first kappa shape index (κ1) is 13.2. The van der Waals surface area contributed by atoms with Crippen LogP contribution in [0.1, 0.15) is 0 Å². The van der Waals surface area contributed by atoms with Crippen molar-refractivity contribution < 1.29 is 9.72 Å². The van der Waals surface area contributed by atoms with E-state index in [0.29, 0.717) is 0 Å². The number of thiophene rings is 1. The zero-order valence-corrected chi connectivity index (χ0v) is 10.6. The summed E-state index contributed by atoms with van der Waals surface area (Å²) in [6.45, 7) is -0.218. The van der Waals surface area contributed by atoms with Crippen molar-refractivity contribution in [2.75, 3.05) is 11.9 Å². The summed E-state index contributed by atoms with van der Waals surface area (Å²) in [6.07, 6.45) is 0. The van der Waals surface area contributed by atoms with Gasteiger partial charge in [-0.05, 0) is 23.1 Å². The molecule has 0 fully saturated rings. The molecule has 0 saturated carbocycles. The van der Waals surface area contributed by atoms with Crippen LogP contribution in [0.15, 0.2) is 35.7 Å². The van der Waals surface area contributed by atoms with Crippen molar-refractivity contribution >= 4 is 28.6 Å². The Bertz CT molecular complexity index is 611. The summed E-state index contributed by atoms with van der Waals surface area (Å²) >= 11 is 1.49. The summed E-state index contributed by atoms with van der Waals surface area (Å²) in [5.74, 6) is -0.466. The van der Waals surface area contributed by atoms with E-state index in [0.717, 1.165) is 10.4 Å². The minimum absolute atomic E-state index is 0.146. The maximum absolute atomic E-state index is 11.2. The molecule has 7 heteroatoms. The lowest BCUT2D eigenvalue weighted by Gasteiger charge is -2.06. The predicted octanol–water partition coefficient (Wildman–Crippen LogP) is 2.22. The highest BCUT2D eigenvalue weighted by atomic mass is 32.1. The SMILES string of the molecule is NCC(=O)Nc1ccc(-c2cccs2)cc1[N+](=O)[O-]. The van der Waals surface area contributed by atoms with E-state index in [9.17, 15) is 14.9 Å². The Morgan fingerprint density at radius 2 is 2.21 bits per heavy atom. The van der Waals surface area contributed by atoms with Gasteiger partial charge in [-0.1, -0.05) is 12.1 Å². The zero-order valence-electron chi connectivity index (χ0n) is 9.83. The van der Waals surface area contributed by atoms with Crippen LogP contribution in [-0.4, -0.2) is 17.4 Å².